The van der Waals surface area contributed by atoms with E-state index in [0.717, 1.165) is 24.3 Å². The van der Waals surface area contributed by atoms with E-state index in [1.54, 1.807) is 13.0 Å². The SMILES string of the molecule is Cc1cc(N2CC[C@@H](NS(=O)(=O)c3ccc(F)cc3)C2=O)ccc1F. The van der Waals surface area contributed by atoms with Crippen LogP contribution in [-0.4, -0.2) is 26.9 Å². The highest BCUT2D eigenvalue weighted by Gasteiger charge is 2.35. The molecular formula is C17H16F2N2O3S. The Morgan fingerprint density at radius 2 is 1.80 bits per heavy atom. The molecule has 2 aromatic carbocycles. The minimum Gasteiger partial charge on any atom is -0.311 e. The van der Waals surface area contributed by atoms with E-state index in [0.29, 0.717) is 17.8 Å². The molecule has 0 aliphatic carbocycles. The molecule has 0 bridgehead atoms. The van der Waals surface area contributed by atoms with Crippen molar-refractivity contribution in [3.05, 3.63) is 59.7 Å². The van der Waals surface area contributed by atoms with Crippen LogP contribution in [0, 0.1) is 18.6 Å². The molecule has 1 heterocycles. The summed E-state index contributed by atoms with van der Waals surface area (Å²) in [5.74, 6) is -1.32. The van der Waals surface area contributed by atoms with Crippen LogP contribution in [0.1, 0.15) is 12.0 Å². The molecule has 0 radical (unpaired) electrons. The first-order chi connectivity index (χ1) is 11.8. The number of amides is 1. The van der Waals surface area contributed by atoms with Gasteiger partial charge in [-0.15, -0.1) is 0 Å². The fraction of sp³-hybridized carbons (Fsp3) is 0.235. The lowest BCUT2D eigenvalue weighted by molar-refractivity contribution is -0.118. The van der Waals surface area contributed by atoms with Gasteiger partial charge in [0, 0.05) is 12.2 Å². The summed E-state index contributed by atoms with van der Waals surface area (Å²) in [7, 11) is -3.94. The van der Waals surface area contributed by atoms with Gasteiger partial charge in [-0.3, -0.25) is 4.79 Å². The van der Waals surface area contributed by atoms with E-state index in [1.165, 1.54) is 17.0 Å². The van der Waals surface area contributed by atoms with Gasteiger partial charge < -0.3 is 4.90 Å². The fourth-order valence-corrected chi connectivity index (χ4v) is 3.94. The molecule has 0 unspecified atom stereocenters. The Balaban J connectivity index is 1.77. The van der Waals surface area contributed by atoms with Crippen molar-refractivity contribution >= 4 is 21.6 Å². The van der Waals surface area contributed by atoms with Gasteiger partial charge in [0.05, 0.1) is 4.90 Å². The standard InChI is InChI=1S/C17H16F2N2O3S/c1-11-10-13(4-7-15(11)19)21-9-8-16(17(21)22)20-25(23,24)14-5-2-12(18)3-6-14/h2-7,10,16,20H,8-9H2,1H3/t16-/m1/s1. The van der Waals surface area contributed by atoms with Gasteiger partial charge in [-0.05, 0) is 61.4 Å². The van der Waals surface area contributed by atoms with Crippen LogP contribution in [0.4, 0.5) is 14.5 Å². The van der Waals surface area contributed by atoms with E-state index >= 15 is 0 Å². The van der Waals surface area contributed by atoms with Gasteiger partial charge in [-0.1, -0.05) is 0 Å². The summed E-state index contributed by atoms with van der Waals surface area (Å²) in [5, 5.41) is 0. The number of nitrogens with one attached hydrogen (secondary N) is 1. The summed E-state index contributed by atoms with van der Waals surface area (Å²) in [6.07, 6.45) is 0.287. The summed E-state index contributed by atoms with van der Waals surface area (Å²) in [5.41, 5.74) is 0.924. The van der Waals surface area contributed by atoms with Gasteiger partial charge in [-0.25, -0.2) is 17.2 Å². The molecule has 3 rings (SSSR count). The Labute approximate surface area is 144 Å². The first-order valence-electron chi connectivity index (χ1n) is 7.63. The van der Waals surface area contributed by atoms with Crippen LogP contribution in [0.25, 0.3) is 0 Å². The molecule has 1 saturated heterocycles. The second-order valence-corrected chi connectivity index (χ2v) is 7.55. The highest BCUT2D eigenvalue weighted by Crippen LogP contribution is 2.24. The molecule has 1 N–H and O–H groups in total. The van der Waals surface area contributed by atoms with Crippen LogP contribution < -0.4 is 9.62 Å². The maximum Gasteiger partial charge on any atom is 0.245 e. The van der Waals surface area contributed by atoms with E-state index < -0.39 is 27.8 Å². The molecule has 2 aromatic rings. The molecule has 1 fully saturated rings. The number of aryl methyl sites for hydroxylation is 1. The molecule has 0 aromatic heterocycles. The van der Waals surface area contributed by atoms with Crippen molar-refractivity contribution in [2.75, 3.05) is 11.4 Å². The number of hydrogen-bond acceptors (Lipinski definition) is 3. The largest absolute Gasteiger partial charge is 0.311 e. The van der Waals surface area contributed by atoms with Crippen molar-refractivity contribution in [3.63, 3.8) is 0 Å². The molecule has 132 valence electrons. The molecule has 1 aliphatic rings. The highest BCUT2D eigenvalue weighted by molar-refractivity contribution is 7.89. The number of carbonyl (C=O) groups excluding carboxylic acids is 1. The van der Waals surface area contributed by atoms with Crippen LogP contribution in [0.15, 0.2) is 47.4 Å². The second-order valence-electron chi connectivity index (χ2n) is 5.84. The predicted molar refractivity (Wildman–Crippen MR) is 88.6 cm³/mol. The number of anilines is 1. The lowest BCUT2D eigenvalue weighted by atomic mass is 10.2. The maximum absolute atomic E-state index is 13.4. The van der Waals surface area contributed by atoms with Crippen molar-refractivity contribution in [2.45, 2.75) is 24.3 Å². The number of benzene rings is 2. The molecule has 25 heavy (non-hydrogen) atoms. The number of carbonyl (C=O) groups is 1. The smallest absolute Gasteiger partial charge is 0.245 e. The van der Waals surface area contributed by atoms with Crippen LogP contribution in [0.5, 0.6) is 0 Å². The molecule has 1 amide bonds. The zero-order valence-corrected chi connectivity index (χ0v) is 14.2. The third-order valence-corrected chi connectivity index (χ3v) is 5.57. The Morgan fingerprint density at radius 3 is 2.44 bits per heavy atom. The number of sulfonamides is 1. The Morgan fingerprint density at radius 1 is 1.12 bits per heavy atom. The molecule has 0 saturated carbocycles. The van der Waals surface area contributed by atoms with Crippen molar-refractivity contribution < 1.29 is 22.0 Å². The summed E-state index contributed by atoms with van der Waals surface area (Å²) >= 11 is 0. The van der Waals surface area contributed by atoms with Crippen molar-refractivity contribution in [2.24, 2.45) is 0 Å². The third kappa shape index (κ3) is 3.54. The third-order valence-electron chi connectivity index (χ3n) is 4.08. The molecule has 8 heteroatoms. The average molecular weight is 366 g/mol. The van der Waals surface area contributed by atoms with Gasteiger partial charge in [0.1, 0.15) is 17.7 Å². The Bertz CT molecular complexity index is 914. The highest BCUT2D eigenvalue weighted by atomic mass is 32.2. The molecule has 1 aliphatic heterocycles. The first kappa shape index (κ1) is 17.5. The number of nitrogens with zero attached hydrogens (tertiary/aromatic N) is 1. The van der Waals surface area contributed by atoms with Crippen LogP contribution >= 0.6 is 0 Å². The monoisotopic (exact) mass is 366 g/mol. The average Bonchev–Trinajstić information content (AvgIpc) is 2.91. The number of hydrogen-bond donors (Lipinski definition) is 1. The summed E-state index contributed by atoms with van der Waals surface area (Å²) < 4.78 is 53.3. The Hall–Kier alpha value is -2.32. The van der Waals surface area contributed by atoms with Gasteiger partial charge in [0.25, 0.3) is 0 Å². The second kappa shape index (κ2) is 6.53. The summed E-state index contributed by atoms with van der Waals surface area (Å²) in [6, 6.07) is 7.74. The van der Waals surface area contributed by atoms with Crippen LogP contribution in [-0.2, 0) is 14.8 Å². The minimum absolute atomic E-state index is 0.113. The van der Waals surface area contributed by atoms with Crippen LogP contribution in [0.2, 0.25) is 0 Å². The van der Waals surface area contributed by atoms with Gasteiger partial charge in [-0.2, -0.15) is 4.72 Å². The van der Waals surface area contributed by atoms with Gasteiger partial charge in [0.15, 0.2) is 0 Å². The number of rotatable bonds is 4. The zero-order valence-electron chi connectivity index (χ0n) is 13.4. The predicted octanol–water partition coefficient (Wildman–Crippen LogP) is 2.36. The number of halogens is 2. The quantitative estimate of drug-likeness (QED) is 0.903. The lowest BCUT2D eigenvalue weighted by Crippen LogP contribution is -2.41. The van der Waals surface area contributed by atoms with E-state index in [1.807, 2.05) is 0 Å². The van der Waals surface area contributed by atoms with E-state index in [-0.39, 0.29) is 17.1 Å². The summed E-state index contributed by atoms with van der Waals surface area (Å²) in [4.78, 5) is 13.8. The molecule has 5 nitrogen and oxygen atoms in total. The summed E-state index contributed by atoms with van der Waals surface area (Å²) in [6.45, 7) is 1.91. The van der Waals surface area contributed by atoms with E-state index in [2.05, 4.69) is 4.72 Å². The van der Waals surface area contributed by atoms with E-state index in [9.17, 15) is 22.0 Å². The maximum atomic E-state index is 13.4. The van der Waals surface area contributed by atoms with Crippen molar-refractivity contribution in [1.82, 2.24) is 4.72 Å². The topological polar surface area (TPSA) is 66.5 Å². The fourth-order valence-electron chi connectivity index (χ4n) is 2.71. The zero-order chi connectivity index (χ0) is 18.2. The first-order valence-corrected chi connectivity index (χ1v) is 9.12. The Kier molecular flexibility index (Phi) is 4.57. The molecule has 0 spiro atoms. The minimum atomic E-state index is -3.94. The van der Waals surface area contributed by atoms with Gasteiger partial charge >= 0.3 is 0 Å². The molecule has 1 atom stereocenters. The van der Waals surface area contributed by atoms with E-state index in [4.69, 9.17) is 0 Å². The normalized spacial score (nSPS) is 18.0. The van der Waals surface area contributed by atoms with Crippen molar-refractivity contribution in [3.8, 4) is 0 Å². The lowest BCUT2D eigenvalue weighted by Gasteiger charge is -2.18. The van der Waals surface area contributed by atoms with Gasteiger partial charge in [0.2, 0.25) is 15.9 Å². The van der Waals surface area contributed by atoms with Crippen molar-refractivity contribution in [1.29, 1.82) is 0 Å². The van der Waals surface area contributed by atoms with Crippen LogP contribution in [0.3, 0.4) is 0 Å². The molecular weight excluding hydrogens is 350 g/mol.